The van der Waals surface area contributed by atoms with Crippen LogP contribution in [0.15, 0.2) is 18.2 Å². The average molecular weight is 344 g/mol. The summed E-state index contributed by atoms with van der Waals surface area (Å²) < 4.78 is 4.88. The fourth-order valence-corrected chi connectivity index (χ4v) is 2.19. The lowest BCUT2D eigenvalue weighted by atomic mass is 10.1. The summed E-state index contributed by atoms with van der Waals surface area (Å²) in [4.78, 5) is 25.7. The second-order valence-corrected chi connectivity index (χ2v) is 5.23. The van der Waals surface area contributed by atoms with Crippen LogP contribution in [-0.4, -0.2) is 49.6 Å². The van der Waals surface area contributed by atoms with Crippen LogP contribution in [0.4, 0.5) is 5.69 Å². The van der Waals surface area contributed by atoms with Gasteiger partial charge in [-0.2, -0.15) is 0 Å². The van der Waals surface area contributed by atoms with Gasteiger partial charge in [0.25, 0.3) is 0 Å². The number of nitrogens with two attached hydrogens (primary N) is 1. The number of anilines is 1. The van der Waals surface area contributed by atoms with Crippen molar-refractivity contribution < 1.29 is 14.3 Å². The Balaban J connectivity index is 0.00000484. The first-order valence-corrected chi connectivity index (χ1v) is 7.30. The molecule has 6 nitrogen and oxygen atoms in total. The van der Waals surface area contributed by atoms with Crippen molar-refractivity contribution in [1.82, 2.24) is 4.90 Å². The molecule has 1 aromatic rings. The molecular weight excluding hydrogens is 318 g/mol. The molecule has 1 atom stereocenters. The van der Waals surface area contributed by atoms with E-state index in [0.29, 0.717) is 6.54 Å². The highest BCUT2D eigenvalue weighted by atomic mass is 35.5. The van der Waals surface area contributed by atoms with Gasteiger partial charge in [0, 0.05) is 19.3 Å². The molecule has 1 rings (SSSR count). The second kappa shape index (κ2) is 10.2. The number of carbonyl (C=O) groups excluding carboxylic acids is 2. The first-order chi connectivity index (χ1) is 10.4. The van der Waals surface area contributed by atoms with Gasteiger partial charge in [0.15, 0.2) is 0 Å². The Kier molecular flexibility index (Phi) is 9.48. The molecule has 0 aliphatic rings. The fourth-order valence-electron chi connectivity index (χ4n) is 2.19. The van der Waals surface area contributed by atoms with E-state index in [1.807, 2.05) is 39.0 Å². The van der Waals surface area contributed by atoms with Crippen LogP contribution in [0.1, 0.15) is 18.1 Å². The Hall–Kier alpha value is -1.63. The molecule has 1 unspecified atom stereocenters. The average Bonchev–Trinajstić information content (AvgIpc) is 2.48. The van der Waals surface area contributed by atoms with E-state index in [4.69, 9.17) is 10.5 Å². The topological polar surface area (TPSA) is 84.7 Å². The number of likely N-dealkylation sites (N-methyl/N-ethyl adjacent to an activating group) is 1. The van der Waals surface area contributed by atoms with Crippen molar-refractivity contribution in [2.24, 2.45) is 5.73 Å². The summed E-state index contributed by atoms with van der Waals surface area (Å²) in [7, 11) is 1.48. The van der Waals surface area contributed by atoms with Crippen LogP contribution in [0.25, 0.3) is 0 Å². The van der Waals surface area contributed by atoms with E-state index >= 15 is 0 Å². The molecule has 23 heavy (non-hydrogen) atoms. The number of halogens is 1. The fraction of sp³-hybridized carbons (Fsp3) is 0.500. The number of aryl methyl sites for hydroxylation is 2. The summed E-state index contributed by atoms with van der Waals surface area (Å²) in [5, 5.41) is 2.86. The third-order valence-electron chi connectivity index (χ3n) is 3.44. The number of hydrogen-bond donors (Lipinski definition) is 2. The number of para-hydroxylation sites is 1. The maximum absolute atomic E-state index is 12.2. The number of nitrogens with one attached hydrogen (secondary N) is 1. The van der Waals surface area contributed by atoms with Crippen molar-refractivity contribution in [2.75, 3.05) is 32.1 Å². The molecule has 0 aromatic heterocycles. The van der Waals surface area contributed by atoms with Crippen molar-refractivity contribution >= 4 is 29.9 Å². The lowest BCUT2D eigenvalue weighted by molar-refractivity contribution is -0.136. The van der Waals surface area contributed by atoms with E-state index in [9.17, 15) is 9.59 Å². The minimum Gasteiger partial charge on any atom is -0.383 e. The highest BCUT2D eigenvalue weighted by molar-refractivity contribution is 5.96. The Labute approximate surface area is 143 Å². The standard InChI is InChI=1S/C16H25N3O3.ClH/c1-5-19(16(21)13(17)10-22-4)9-14(20)18-15-11(2)7-6-8-12(15)3;/h6-8,13H,5,9-10,17H2,1-4H3,(H,18,20);1H. The first kappa shape index (κ1) is 21.4. The summed E-state index contributed by atoms with van der Waals surface area (Å²) in [5.41, 5.74) is 8.49. The maximum Gasteiger partial charge on any atom is 0.244 e. The molecule has 7 heteroatoms. The van der Waals surface area contributed by atoms with Gasteiger partial charge in [-0.05, 0) is 31.9 Å². The van der Waals surface area contributed by atoms with Gasteiger partial charge < -0.3 is 20.7 Å². The van der Waals surface area contributed by atoms with E-state index in [2.05, 4.69) is 5.32 Å². The van der Waals surface area contributed by atoms with Gasteiger partial charge >= 0.3 is 0 Å². The number of ether oxygens (including phenoxy) is 1. The number of methoxy groups -OCH3 is 1. The lowest BCUT2D eigenvalue weighted by Crippen LogP contribution is -2.48. The molecule has 0 radical (unpaired) electrons. The molecule has 0 heterocycles. The highest BCUT2D eigenvalue weighted by Crippen LogP contribution is 2.19. The molecule has 2 amide bonds. The van der Waals surface area contributed by atoms with Crippen molar-refractivity contribution in [3.8, 4) is 0 Å². The molecule has 1 aromatic carbocycles. The van der Waals surface area contributed by atoms with Gasteiger partial charge in [-0.15, -0.1) is 12.4 Å². The number of rotatable bonds is 7. The van der Waals surface area contributed by atoms with Crippen molar-refractivity contribution in [2.45, 2.75) is 26.8 Å². The van der Waals surface area contributed by atoms with Crippen molar-refractivity contribution in [1.29, 1.82) is 0 Å². The number of amides is 2. The van der Waals surface area contributed by atoms with E-state index in [0.717, 1.165) is 16.8 Å². The normalized spacial score (nSPS) is 11.3. The Bertz CT molecular complexity index is 517. The molecule has 3 N–H and O–H groups in total. The minimum absolute atomic E-state index is 0. The van der Waals surface area contributed by atoms with Gasteiger partial charge in [0.05, 0.1) is 13.2 Å². The molecule has 130 valence electrons. The van der Waals surface area contributed by atoms with Crippen LogP contribution in [0.5, 0.6) is 0 Å². The van der Waals surface area contributed by atoms with Crippen LogP contribution < -0.4 is 11.1 Å². The zero-order valence-corrected chi connectivity index (χ0v) is 14.9. The third kappa shape index (κ3) is 6.17. The minimum atomic E-state index is -0.752. The van der Waals surface area contributed by atoms with Crippen LogP contribution in [-0.2, 0) is 14.3 Å². The maximum atomic E-state index is 12.2. The largest absolute Gasteiger partial charge is 0.383 e. The molecule has 0 saturated heterocycles. The summed E-state index contributed by atoms with van der Waals surface area (Å²) in [6.07, 6.45) is 0. The summed E-state index contributed by atoms with van der Waals surface area (Å²) in [5.74, 6) is -0.529. The SMILES string of the molecule is CCN(CC(=O)Nc1c(C)cccc1C)C(=O)C(N)COC.Cl. The monoisotopic (exact) mass is 343 g/mol. The predicted octanol–water partition coefficient (Wildman–Crippen LogP) is 1.49. The van der Waals surface area contributed by atoms with E-state index in [1.165, 1.54) is 12.0 Å². The van der Waals surface area contributed by atoms with Crippen LogP contribution in [0.3, 0.4) is 0 Å². The molecule has 0 bridgehead atoms. The third-order valence-corrected chi connectivity index (χ3v) is 3.44. The zero-order chi connectivity index (χ0) is 16.7. The number of carbonyl (C=O) groups is 2. The molecular formula is C16H26ClN3O3. The van der Waals surface area contributed by atoms with Crippen LogP contribution in [0, 0.1) is 13.8 Å². The Morgan fingerprint density at radius 3 is 2.35 bits per heavy atom. The van der Waals surface area contributed by atoms with Crippen LogP contribution in [0.2, 0.25) is 0 Å². The number of benzene rings is 1. The molecule has 0 fully saturated rings. The summed E-state index contributed by atoms with van der Waals surface area (Å²) in [6, 6.07) is 5.05. The molecule has 0 aliphatic heterocycles. The van der Waals surface area contributed by atoms with Gasteiger partial charge in [0.1, 0.15) is 6.04 Å². The van der Waals surface area contributed by atoms with E-state index in [1.54, 1.807) is 0 Å². The Morgan fingerprint density at radius 2 is 1.87 bits per heavy atom. The summed E-state index contributed by atoms with van der Waals surface area (Å²) in [6.45, 7) is 6.19. The second-order valence-electron chi connectivity index (χ2n) is 5.23. The number of hydrogen-bond acceptors (Lipinski definition) is 4. The molecule has 0 aliphatic carbocycles. The van der Waals surface area contributed by atoms with Crippen molar-refractivity contribution in [3.63, 3.8) is 0 Å². The smallest absolute Gasteiger partial charge is 0.244 e. The van der Waals surface area contributed by atoms with Gasteiger partial charge in [-0.25, -0.2) is 0 Å². The van der Waals surface area contributed by atoms with Crippen molar-refractivity contribution in [3.05, 3.63) is 29.3 Å². The molecule has 0 spiro atoms. The lowest BCUT2D eigenvalue weighted by Gasteiger charge is -2.24. The highest BCUT2D eigenvalue weighted by Gasteiger charge is 2.22. The van der Waals surface area contributed by atoms with Gasteiger partial charge in [-0.3, -0.25) is 9.59 Å². The quantitative estimate of drug-likeness (QED) is 0.785. The zero-order valence-electron chi connectivity index (χ0n) is 14.1. The number of nitrogens with zero attached hydrogens (tertiary/aromatic N) is 1. The van der Waals surface area contributed by atoms with E-state index < -0.39 is 6.04 Å². The summed E-state index contributed by atoms with van der Waals surface area (Å²) >= 11 is 0. The van der Waals surface area contributed by atoms with Gasteiger partial charge in [0.2, 0.25) is 11.8 Å². The van der Waals surface area contributed by atoms with E-state index in [-0.39, 0.29) is 37.4 Å². The van der Waals surface area contributed by atoms with Crippen LogP contribution >= 0.6 is 12.4 Å². The van der Waals surface area contributed by atoms with Gasteiger partial charge in [-0.1, -0.05) is 18.2 Å². The first-order valence-electron chi connectivity index (χ1n) is 7.30. The Morgan fingerprint density at radius 1 is 1.30 bits per heavy atom. The predicted molar refractivity (Wildman–Crippen MR) is 93.9 cm³/mol. The molecule has 0 saturated carbocycles.